The molecule has 9 heteroatoms. The maximum atomic E-state index is 13.5. The molecule has 0 aliphatic rings. The Hall–Kier alpha value is -4.17. The number of aromatic nitrogens is 2. The first-order valence-corrected chi connectivity index (χ1v) is 11.7. The van der Waals surface area contributed by atoms with E-state index in [1.807, 2.05) is 30.3 Å². The molecule has 0 radical (unpaired) electrons. The number of likely N-dealkylation sites (N-methyl/N-ethyl adjacent to an activating group) is 1. The summed E-state index contributed by atoms with van der Waals surface area (Å²) < 4.78 is 20.5. The zero-order chi connectivity index (χ0) is 25.5. The predicted molar refractivity (Wildman–Crippen MR) is 137 cm³/mol. The number of rotatable bonds is 9. The summed E-state index contributed by atoms with van der Waals surface area (Å²) in [6.07, 6.45) is 0. The quantitative estimate of drug-likeness (QED) is 0.338. The van der Waals surface area contributed by atoms with Gasteiger partial charge in [0.15, 0.2) is 6.61 Å². The average molecular weight is 507 g/mol. The highest BCUT2D eigenvalue weighted by molar-refractivity contribution is 6.30. The molecule has 0 saturated heterocycles. The molecule has 0 unspecified atom stereocenters. The molecule has 1 aromatic heterocycles. The number of hydrogen-bond donors (Lipinski definition) is 1. The molecule has 0 bridgehead atoms. The first kappa shape index (κ1) is 24.9. The third-order valence-corrected chi connectivity index (χ3v) is 5.61. The molecule has 2 amide bonds. The van der Waals surface area contributed by atoms with Gasteiger partial charge in [0.25, 0.3) is 5.91 Å². The second-order valence-electron chi connectivity index (χ2n) is 7.87. The van der Waals surface area contributed by atoms with Crippen LogP contribution in [0.3, 0.4) is 0 Å². The van der Waals surface area contributed by atoms with E-state index in [1.165, 1.54) is 21.7 Å². The Balaban J connectivity index is 1.48. The minimum absolute atomic E-state index is 0.172. The van der Waals surface area contributed by atoms with Crippen molar-refractivity contribution in [2.45, 2.75) is 6.92 Å². The third-order valence-electron chi connectivity index (χ3n) is 5.36. The number of halogens is 2. The van der Waals surface area contributed by atoms with Crippen LogP contribution >= 0.6 is 11.6 Å². The first-order valence-electron chi connectivity index (χ1n) is 11.3. The second-order valence-corrected chi connectivity index (χ2v) is 8.30. The number of nitrogens with one attached hydrogen (secondary N) is 1. The van der Waals surface area contributed by atoms with Crippen LogP contribution < -0.4 is 10.1 Å². The Bertz CT molecular complexity index is 1330. The summed E-state index contributed by atoms with van der Waals surface area (Å²) in [5.74, 6) is -0.215. The van der Waals surface area contributed by atoms with Crippen molar-refractivity contribution in [1.82, 2.24) is 14.7 Å². The van der Waals surface area contributed by atoms with Crippen molar-refractivity contribution in [1.29, 1.82) is 0 Å². The number of anilines is 1. The van der Waals surface area contributed by atoms with E-state index in [0.29, 0.717) is 34.5 Å². The Morgan fingerprint density at radius 2 is 1.72 bits per heavy atom. The van der Waals surface area contributed by atoms with Gasteiger partial charge in [0.05, 0.1) is 17.9 Å². The van der Waals surface area contributed by atoms with Gasteiger partial charge in [-0.2, -0.15) is 5.10 Å². The van der Waals surface area contributed by atoms with Crippen LogP contribution in [0.1, 0.15) is 6.92 Å². The van der Waals surface area contributed by atoms with Crippen LogP contribution in [-0.4, -0.2) is 46.2 Å². The first-order chi connectivity index (χ1) is 17.4. The van der Waals surface area contributed by atoms with Crippen molar-refractivity contribution >= 4 is 29.2 Å². The summed E-state index contributed by atoms with van der Waals surface area (Å²) in [4.78, 5) is 27.0. The van der Waals surface area contributed by atoms with Gasteiger partial charge in [-0.25, -0.2) is 9.07 Å². The normalized spacial score (nSPS) is 10.6. The van der Waals surface area contributed by atoms with Gasteiger partial charge < -0.3 is 15.0 Å². The number of carbonyl (C=O) groups excluding carboxylic acids is 2. The fraction of sp³-hybridized carbons (Fsp3) is 0.148. The Morgan fingerprint density at radius 3 is 2.39 bits per heavy atom. The Morgan fingerprint density at radius 1 is 1.03 bits per heavy atom. The van der Waals surface area contributed by atoms with Crippen molar-refractivity contribution in [2.24, 2.45) is 0 Å². The molecule has 0 aliphatic heterocycles. The van der Waals surface area contributed by atoms with E-state index < -0.39 is 5.91 Å². The largest absolute Gasteiger partial charge is 0.484 e. The predicted octanol–water partition coefficient (Wildman–Crippen LogP) is 5.20. The highest BCUT2D eigenvalue weighted by atomic mass is 35.5. The lowest BCUT2D eigenvalue weighted by atomic mass is 10.1. The van der Waals surface area contributed by atoms with Gasteiger partial charge >= 0.3 is 0 Å². The van der Waals surface area contributed by atoms with Crippen LogP contribution in [0.2, 0.25) is 5.02 Å². The van der Waals surface area contributed by atoms with Crippen LogP contribution in [0.25, 0.3) is 16.9 Å². The van der Waals surface area contributed by atoms with E-state index in [-0.39, 0.29) is 24.9 Å². The average Bonchev–Trinajstić information content (AvgIpc) is 3.31. The standard InChI is InChI=1S/C27H24ClFN4O3/c1-2-32(27(35)18-36-23-14-8-20(28)9-15-23)17-26(34)30-25-16-24(19-6-4-3-5-7-19)31-33(25)22-12-10-21(29)11-13-22/h3-16H,2,17-18H2,1H3,(H,30,34). The molecule has 1 N–H and O–H groups in total. The Kier molecular flexibility index (Phi) is 7.97. The summed E-state index contributed by atoms with van der Waals surface area (Å²) in [5, 5.41) is 8.00. The molecular weight excluding hydrogens is 483 g/mol. The molecule has 184 valence electrons. The highest BCUT2D eigenvalue weighted by Crippen LogP contribution is 2.25. The van der Waals surface area contributed by atoms with Gasteiger partial charge in [0.2, 0.25) is 5.91 Å². The van der Waals surface area contributed by atoms with E-state index >= 15 is 0 Å². The van der Waals surface area contributed by atoms with Crippen molar-refractivity contribution < 1.29 is 18.7 Å². The molecule has 0 atom stereocenters. The topological polar surface area (TPSA) is 76.5 Å². The maximum absolute atomic E-state index is 13.5. The van der Waals surface area contributed by atoms with Gasteiger partial charge in [0, 0.05) is 23.2 Å². The Labute approximate surface area is 213 Å². The number of benzene rings is 3. The molecule has 7 nitrogen and oxygen atoms in total. The number of carbonyl (C=O) groups is 2. The lowest BCUT2D eigenvalue weighted by molar-refractivity contribution is -0.136. The summed E-state index contributed by atoms with van der Waals surface area (Å²) in [5.41, 5.74) is 2.07. The van der Waals surface area contributed by atoms with Gasteiger partial charge in [-0.05, 0) is 55.5 Å². The van der Waals surface area contributed by atoms with Crippen molar-refractivity contribution in [3.8, 4) is 22.7 Å². The summed E-state index contributed by atoms with van der Waals surface area (Å²) in [7, 11) is 0. The second kappa shape index (κ2) is 11.5. The lowest BCUT2D eigenvalue weighted by Gasteiger charge is -2.20. The van der Waals surface area contributed by atoms with Crippen molar-refractivity contribution in [3.63, 3.8) is 0 Å². The van der Waals surface area contributed by atoms with E-state index in [2.05, 4.69) is 10.4 Å². The van der Waals surface area contributed by atoms with Gasteiger partial charge in [-0.1, -0.05) is 41.9 Å². The molecule has 0 spiro atoms. The molecule has 1 heterocycles. The monoisotopic (exact) mass is 506 g/mol. The van der Waals surface area contributed by atoms with Crippen LogP contribution in [-0.2, 0) is 9.59 Å². The number of nitrogens with zero attached hydrogens (tertiary/aromatic N) is 3. The molecule has 4 aromatic rings. The minimum Gasteiger partial charge on any atom is -0.484 e. The SMILES string of the molecule is CCN(CC(=O)Nc1cc(-c2ccccc2)nn1-c1ccc(F)cc1)C(=O)COc1ccc(Cl)cc1. The fourth-order valence-corrected chi connectivity index (χ4v) is 3.62. The highest BCUT2D eigenvalue weighted by Gasteiger charge is 2.19. The van der Waals surface area contributed by atoms with Crippen LogP contribution in [0.5, 0.6) is 5.75 Å². The molecule has 0 fully saturated rings. The summed E-state index contributed by atoms with van der Waals surface area (Å²) >= 11 is 5.87. The molecule has 3 aromatic carbocycles. The van der Waals surface area contributed by atoms with Crippen LogP contribution in [0, 0.1) is 5.82 Å². The molecule has 36 heavy (non-hydrogen) atoms. The molecule has 0 aliphatic carbocycles. The fourth-order valence-electron chi connectivity index (χ4n) is 3.50. The number of amides is 2. The molecular formula is C27H24ClFN4O3. The minimum atomic E-state index is -0.403. The smallest absolute Gasteiger partial charge is 0.260 e. The van der Waals surface area contributed by atoms with E-state index in [0.717, 1.165) is 5.56 Å². The number of ether oxygens (including phenoxy) is 1. The van der Waals surface area contributed by atoms with E-state index in [4.69, 9.17) is 16.3 Å². The molecule has 0 saturated carbocycles. The summed E-state index contributed by atoms with van der Waals surface area (Å²) in [6.45, 7) is 1.72. The van der Waals surface area contributed by atoms with Gasteiger partial charge in [0.1, 0.15) is 17.4 Å². The van der Waals surface area contributed by atoms with E-state index in [9.17, 15) is 14.0 Å². The third kappa shape index (κ3) is 6.28. The van der Waals surface area contributed by atoms with Gasteiger partial charge in [-0.3, -0.25) is 9.59 Å². The number of hydrogen-bond acceptors (Lipinski definition) is 4. The maximum Gasteiger partial charge on any atom is 0.260 e. The summed E-state index contributed by atoms with van der Waals surface area (Å²) in [6, 6.07) is 23.7. The lowest BCUT2D eigenvalue weighted by Crippen LogP contribution is -2.40. The zero-order valence-corrected chi connectivity index (χ0v) is 20.3. The van der Waals surface area contributed by atoms with Crippen molar-refractivity contribution in [2.75, 3.05) is 25.0 Å². The van der Waals surface area contributed by atoms with E-state index in [1.54, 1.807) is 49.4 Å². The zero-order valence-electron chi connectivity index (χ0n) is 19.5. The molecule has 4 rings (SSSR count). The van der Waals surface area contributed by atoms with Crippen LogP contribution in [0.4, 0.5) is 10.2 Å². The van der Waals surface area contributed by atoms with Crippen molar-refractivity contribution in [3.05, 3.63) is 95.8 Å². The van der Waals surface area contributed by atoms with Crippen LogP contribution in [0.15, 0.2) is 84.9 Å². The van der Waals surface area contributed by atoms with Gasteiger partial charge in [-0.15, -0.1) is 0 Å².